The van der Waals surface area contributed by atoms with Gasteiger partial charge in [-0.15, -0.1) is 0 Å². The van der Waals surface area contributed by atoms with Gasteiger partial charge in [0.25, 0.3) is 5.91 Å². The van der Waals surface area contributed by atoms with Gasteiger partial charge in [0.15, 0.2) is 11.4 Å². The number of carbonyl (C=O) groups is 2. The monoisotopic (exact) mass is 475 g/mol. The maximum Gasteiger partial charge on any atom is 0.253 e. The average molecular weight is 476 g/mol. The van der Waals surface area contributed by atoms with Crippen molar-refractivity contribution in [3.63, 3.8) is 0 Å². The van der Waals surface area contributed by atoms with Crippen molar-refractivity contribution in [3.8, 4) is 11.1 Å². The van der Waals surface area contributed by atoms with Crippen LogP contribution in [0.5, 0.6) is 0 Å². The van der Waals surface area contributed by atoms with E-state index < -0.39 is 11.4 Å². The predicted octanol–water partition coefficient (Wildman–Crippen LogP) is 4.07. The SMILES string of the molecule is C=CC(=O)N1CC2(C1)Nc1c(cnc3c(F)c(-c4c(C)ccc5c4C=NC5)c(Cl)cc13)NC2=O. The highest BCUT2D eigenvalue weighted by Crippen LogP contribution is 2.45. The maximum atomic E-state index is 16.0. The van der Waals surface area contributed by atoms with Crippen LogP contribution in [0, 0.1) is 12.7 Å². The van der Waals surface area contributed by atoms with Crippen molar-refractivity contribution >= 4 is 51.9 Å². The summed E-state index contributed by atoms with van der Waals surface area (Å²) in [6, 6.07) is 5.61. The van der Waals surface area contributed by atoms with Crippen LogP contribution < -0.4 is 10.6 Å². The third kappa shape index (κ3) is 2.75. The fraction of sp³-hybridized carbons (Fsp3) is 0.200. The third-order valence-electron chi connectivity index (χ3n) is 6.78. The summed E-state index contributed by atoms with van der Waals surface area (Å²) in [5, 5.41) is 6.78. The number of aliphatic imine (C=N–C) groups is 1. The standard InChI is InChI=1S/C25H19ClFN5O2/c1-3-18(33)32-10-25(11-32)24(34)30-17-9-29-23-14(22(17)31-25)6-16(26)20(21(23)27)19-12(2)4-5-13-7-28-8-15(13)19/h3-6,8-9,31H,1,7,10-11H2,2H3,(H,30,34). The van der Waals surface area contributed by atoms with Crippen molar-refractivity contribution < 1.29 is 14.0 Å². The van der Waals surface area contributed by atoms with E-state index in [1.165, 1.54) is 17.2 Å². The van der Waals surface area contributed by atoms with E-state index in [-0.39, 0.29) is 41.0 Å². The van der Waals surface area contributed by atoms with Crippen LogP contribution in [0.15, 0.2) is 42.0 Å². The molecule has 0 radical (unpaired) electrons. The third-order valence-corrected chi connectivity index (χ3v) is 7.08. The number of nitrogens with one attached hydrogen (secondary N) is 2. The van der Waals surface area contributed by atoms with Crippen LogP contribution in [-0.2, 0) is 16.1 Å². The number of aromatic nitrogens is 1. The zero-order valence-corrected chi connectivity index (χ0v) is 19.0. The zero-order valence-electron chi connectivity index (χ0n) is 18.2. The second kappa shape index (κ2) is 7.11. The molecule has 34 heavy (non-hydrogen) atoms. The Bertz CT molecular complexity index is 1490. The molecule has 0 aliphatic carbocycles. The van der Waals surface area contributed by atoms with Crippen molar-refractivity contribution in [2.24, 2.45) is 4.99 Å². The number of halogens is 2. The second-order valence-corrected chi connectivity index (χ2v) is 9.26. The van der Waals surface area contributed by atoms with Gasteiger partial charge in [-0.25, -0.2) is 4.39 Å². The van der Waals surface area contributed by atoms with Crippen molar-refractivity contribution in [2.45, 2.75) is 19.0 Å². The van der Waals surface area contributed by atoms with E-state index in [2.05, 4.69) is 27.2 Å². The van der Waals surface area contributed by atoms with Gasteiger partial charge in [-0.2, -0.15) is 0 Å². The Labute approximate surface area is 199 Å². The molecule has 0 atom stereocenters. The van der Waals surface area contributed by atoms with Gasteiger partial charge in [-0.1, -0.05) is 30.3 Å². The summed E-state index contributed by atoms with van der Waals surface area (Å²) in [7, 11) is 0. The quantitative estimate of drug-likeness (QED) is 0.547. The Balaban J connectivity index is 1.50. The van der Waals surface area contributed by atoms with Crippen LogP contribution in [0.1, 0.15) is 16.7 Å². The predicted molar refractivity (Wildman–Crippen MR) is 130 cm³/mol. The number of amides is 2. The van der Waals surface area contributed by atoms with Gasteiger partial charge < -0.3 is 15.5 Å². The Kier molecular flexibility index (Phi) is 4.35. The number of hydrogen-bond donors (Lipinski definition) is 2. The van der Waals surface area contributed by atoms with E-state index in [0.29, 0.717) is 28.9 Å². The number of fused-ring (bicyclic) bond motifs is 4. The average Bonchev–Trinajstić information content (AvgIpc) is 3.27. The molecule has 1 fully saturated rings. The lowest BCUT2D eigenvalue weighted by atomic mass is 9.85. The van der Waals surface area contributed by atoms with Crippen LogP contribution in [0.4, 0.5) is 15.8 Å². The number of nitrogens with zero attached hydrogens (tertiary/aromatic N) is 3. The summed E-state index contributed by atoms with van der Waals surface area (Å²) in [5.41, 5.74) is 3.85. The van der Waals surface area contributed by atoms with E-state index >= 15 is 4.39 Å². The largest absolute Gasteiger partial charge is 0.366 e. The summed E-state index contributed by atoms with van der Waals surface area (Å²) >= 11 is 6.70. The van der Waals surface area contributed by atoms with Crippen LogP contribution in [0.25, 0.3) is 22.0 Å². The summed E-state index contributed by atoms with van der Waals surface area (Å²) in [6.45, 7) is 6.31. The molecule has 0 unspecified atom stereocenters. The molecule has 9 heteroatoms. The fourth-order valence-corrected chi connectivity index (χ4v) is 5.28. The van der Waals surface area contributed by atoms with Crippen LogP contribution in [0.3, 0.4) is 0 Å². The van der Waals surface area contributed by atoms with Gasteiger partial charge in [-0.05, 0) is 35.8 Å². The first-order chi connectivity index (χ1) is 16.3. The van der Waals surface area contributed by atoms with Crippen molar-refractivity contribution in [3.05, 3.63) is 64.6 Å². The van der Waals surface area contributed by atoms with Crippen LogP contribution in [0.2, 0.25) is 5.02 Å². The summed E-state index contributed by atoms with van der Waals surface area (Å²) in [4.78, 5) is 34.9. The number of benzene rings is 2. The van der Waals surface area contributed by atoms with E-state index in [9.17, 15) is 9.59 Å². The van der Waals surface area contributed by atoms with E-state index in [1.807, 2.05) is 19.1 Å². The van der Waals surface area contributed by atoms with Gasteiger partial charge >= 0.3 is 0 Å². The minimum Gasteiger partial charge on any atom is -0.366 e. The molecule has 1 saturated heterocycles. The molecule has 7 nitrogen and oxygen atoms in total. The Morgan fingerprint density at radius 3 is 2.88 bits per heavy atom. The van der Waals surface area contributed by atoms with Crippen LogP contribution >= 0.6 is 11.6 Å². The van der Waals surface area contributed by atoms with Gasteiger partial charge in [0.05, 0.1) is 42.2 Å². The summed E-state index contributed by atoms with van der Waals surface area (Å²) in [5.74, 6) is -1.06. The first kappa shape index (κ1) is 20.8. The fourth-order valence-electron chi connectivity index (χ4n) is 5.00. The van der Waals surface area contributed by atoms with Gasteiger partial charge in [0.1, 0.15) is 5.52 Å². The number of anilines is 2. The number of rotatable bonds is 2. The molecular weight excluding hydrogens is 457 g/mol. The first-order valence-electron chi connectivity index (χ1n) is 10.8. The van der Waals surface area contributed by atoms with Gasteiger partial charge in [0.2, 0.25) is 5.91 Å². The number of pyridine rings is 1. The van der Waals surface area contributed by atoms with Gasteiger partial charge in [-0.3, -0.25) is 19.6 Å². The van der Waals surface area contributed by atoms with E-state index in [1.54, 1.807) is 12.3 Å². The molecule has 1 spiro atoms. The Morgan fingerprint density at radius 1 is 1.32 bits per heavy atom. The minimum absolute atomic E-state index is 0.141. The molecule has 3 aromatic rings. The number of aryl methyl sites for hydroxylation is 1. The van der Waals surface area contributed by atoms with Crippen molar-refractivity contribution in [2.75, 3.05) is 23.7 Å². The molecule has 4 heterocycles. The van der Waals surface area contributed by atoms with Crippen molar-refractivity contribution in [1.29, 1.82) is 0 Å². The highest BCUT2D eigenvalue weighted by molar-refractivity contribution is 6.35. The molecule has 0 saturated carbocycles. The van der Waals surface area contributed by atoms with Crippen molar-refractivity contribution in [1.82, 2.24) is 9.88 Å². The summed E-state index contributed by atoms with van der Waals surface area (Å²) in [6.07, 6.45) is 4.40. The smallest absolute Gasteiger partial charge is 0.253 e. The zero-order chi connectivity index (χ0) is 23.8. The first-order valence-corrected chi connectivity index (χ1v) is 11.1. The molecule has 1 aromatic heterocycles. The molecule has 2 aromatic carbocycles. The Morgan fingerprint density at radius 2 is 2.12 bits per heavy atom. The number of carbonyl (C=O) groups excluding carboxylic acids is 2. The molecule has 6 rings (SSSR count). The Hall–Kier alpha value is -3.78. The molecule has 170 valence electrons. The number of likely N-dealkylation sites (tertiary alicyclic amines) is 1. The molecule has 2 amide bonds. The van der Waals surface area contributed by atoms with Gasteiger partial charge in [0, 0.05) is 22.7 Å². The molecular formula is C25H19ClFN5O2. The highest BCUT2D eigenvalue weighted by Gasteiger charge is 2.53. The lowest BCUT2D eigenvalue weighted by Crippen LogP contribution is -2.73. The highest BCUT2D eigenvalue weighted by atomic mass is 35.5. The second-order valence-electron chi connectivity index (χ2n) is 8.85. The van der Waals surface area contributed by atoms with Crippen LogP contribution in [-0.4, -0.2) is 46.5 Å². The lowest BCUT2D eigenvalue weighted by Gasteiger charge is -2.51. The summed E-state index contributed by atoms with van der Waals surface area (Å²) < 4.78 is 16.0. The molecule has 2 N–H and O–H groups in total. The lowest BCUT2D eigenvalue weighted by molar-refractivity contribution is -0.138. The van der Waals surface area contributed by atoms with E-state index in [4.69, 9.17) is 11.6 Å². The maximum absolute atomic E-state index is 16.0. The molecule has 3 aliphatic heterocycles. The minimum atomic E-state index is -1.01. The molecule has 0 bridgehead atoms. The van der Waals surface area contributed by atoms with E-state index in [0.717, 1.165) is 16.7 Å². The number of hydrogen-bond acceptors (Lipinski definition) is 5. The normalized spacial score (nSPS) is 17.1. The molecule has 3 aliphatic rings. The topological polar surface area (TPSA) is 86.7 Å².